The topological polar surface area (TPSA) is 39.9 Å². The molecule has 0 atom stereocenters. The molecule has 0 N–H and O–H groups in total. The summed E-state index contributed by atoms with van der Waals surface area (Å²) in [5, 5.41) is 9.67. The highest BCUT2D eigenvalue weighted by Crippen LogP contribution is 2.26. The van der Waals surface area contributed by atoms with Gasteiger partial charge in [0, 0.05) is 10.9 Å². The molecule has 2 aromatic carbocycles. The average Bonchev–Trinajstić information content (AvgIpc) is 2.97. The van der Waals surface area contributed by atoms with Crippen molar-refractivity contribution < 1.29 is 9.13 Å². The minimum Gasteiger partial charge on any atom is -0.483 e. The third-order valence-corrected chi connectivity index (χ3v) is 4.20. The SMILES string of the molecule is CC(C)Sc1nnc(COc2ccccc2F)n1-c1ccccc1. The highest BCUT2D eigenvalue weighted by molar-refractivity contribution is 7.99. The number of para-hydroxylation sites is 2. The zero-order chi connectivity index (χ0) is 16.9. The van der Waals surface area contributed by atoms with Gasteiger partial charge in [-0.05, 0) is 24.3 Å². The molecule has 0 fully saturated rings. The first kappa shape index (κ1) is 16.5. The van der Waals surface area contributed by atoms with E-state index >= 15 is 0 Å². The molecule has 0 bridgehead atoms. The second-order valence-corrected chi connectivity index (χ2v) is 7.00. The van der Waals surface area contributed by atoms with E-state index in [0.29, 0.717) is 11.1 Å². The van der Waals surface area contributed by atoms with Gasteiger partial charge in [0.2, 0.25) is 0 Å². The standard InChI is InChI=1S/C18H18FN3OS/c1-13(2)24-18-21-20-17(22(18)14-8-4-3-5-9-14)12-23-16-11-7-6-10-15(16)19/h3-11,13H,12H2,1-2H3. The second kappa shape index (κ2) is 7.49. The van der Waals surface area contributed by atoms with Gasteiger partial charge in [-0.2, -0.15) is 0 Å². The molecule has 0 aliphatic heterocycles. The number of nitrogens with zero attached hydrogens (tertiary/aromatic N) is 3. The zero-order valence-electron chi connectivity index (χ0n) is 13.5. The number of aromatic nitrogens is 3. The maximum absolute atomic E-state index is 13.7. The van der Waals surface area contributed by atoms with E-state index in [-0.39, 0.29) is 18.2 Å². The van der Waals surface area contributed by atoms with Crippen LogP contribution in [0.3, 0.4) is 0 Å². The first-order chi connectivity index (χ1) is 11.6. The van der Waals surface area contributed by atoms with Crippen LogP contribution in [0.4, 0.5) is 4.39 Å². The van der Waals surface area contributed by atoms with Crippen molar-refractivity contribution in [1.82, 2.24) is 14.8 Å². The van der Waals surface area contributed by atoms with Gasteiger partial charge in [-0.25, -0.2) is 4.39 Å². The normalized spacial score (nSPS) is 11.0. The van der Waals surface area contributed by atoms with Crippen molar-refractivity contribution in [3.05, 3.63) is 66.2 Å². The molecule has 1 aromatic heterocycles. The molecule has 1 heterocycles. The van der Waals surface area contributed by atoms with Gasteiger partial charge in [0.1, 0.15) is 6.61 Å². The summed E-state index contributed by atoms with van der Waals surface area (Å²) in [6.07, 6.45) is 0. The van der Waals surface area contributed by atoms with E-state index in [9.17, 15) is 4.39 Å². The van der Waals surface area contributed by atoms with Crippen molar-refractivity contribution in [2.24, 2.45) is 0 Å². The number of benzene rings is 2. The Morgan fingerprint density at radius 2 is 1.75 bits per heavy atom. The number of ether oxygens (including phenoxy) is 1. The lowest BCUT2D eigenvalue weighted by Gasteiger charge is -2.12. The van der Waals surface area contributed by atoms with Gasteiger partial charge >= 0.3 is 0 Å². The molecule has 0 saturated heterocycles. The van der Waals surface area contributed by atoms with Crippen LogP contribution >= 0.6 is 11.8 Å². The number of rotatable bonds is 6. The summed E-state index contributed by atoms with van der Waals surface area (Å²) in [4.78, 5) is 0. The van der Waals surface area contributed by atoms with E-state index in [1.165, 1.54) is 6.07 Å². The summed E-state index contributed by atoms with van der Waals surface area (Å²) in [5.41, 5.74) is 0.956. The predicted molar refractivity (Wildman–Crippen MR) is 93.1 cm³/mol. The van der Waals surface area contributed by atoms with Crippen LogP contribution in [0, 0.1) is 5.82 Å². The van der Waals surface area contributed by atoms with Crippen LogP contribution in [0.25, 0.3) is 5.69 Å². The third kappa shape index (κ3) is 3.76. The largest absolute Gasteiger partial charge is 0.483 e. The summed E-state index contributed by atoms with van der Waals surface area (Å²) in [7, 11) is 0. The molecule has 0 saturated carbocycles. The van der Waals surface area contributed by atoms with E-state index in [1.54, 1.807) is 30.0 Å². The van der Waals surface area contributed by atoms with E-state index in [1.807, 2.05) is 34.9 Å². The lowest BCUT2D eigenvalue weighted by Crippen LogP contribution is -2.07. The average molecular weight is 343 g/mol. The van der Waals surface area contributed by atoms with Crippen LogP contribution in [0.1, 0.15) is 19.7 Å². The Morgan fingerprint density at radius 1 is 1.04 bits per heavy atom. The number of thioether (sulfide) groups is 1. The molecule has 3 aromatic rings. The predicted octanol–water partition coefficient (Wildman–Crippen LogP) is 4.49. The van der Waals surface area contributed by atoms with Crippen LogP contribution < -0.4 is 4.74 Å². The van der Waals surface area contributed by atoms with Crippen molar-refractivity contribution >= 4 is 11.8 Å². The lowest BCUT2D eigenvalue weighted by atomic mass is 10.3. The minimum atomic E-state index is -0.389. The Morgan fingerprint density at radius 3 is 2.46 bits per heavy atom. The quantitative estimate of drug-likeness (QED) is 0.619. The van der Waals surface area contributed by atoms with Gasteiger partial charge < -0.3 is 4.74 Å². The van der Waals surface area contributed by atoms with Crippen molar-refractivity contribution in [2.75, 3.05) is 0 Å². The molecule has 6 heteroatoms. The Kier molecular flexibility index (Phi) is 5.15. The van der Waals surface area contributed by atoms with E-state index < -0.39 is 0 Å². The van der Waals surface area contributed by atoms with Gasteiger partial charge in [0.05, 0.1) is 0 Å². The van der Waals surface area contributed by atoms with Crippen molar-refractivity contribution in [2.45, 2.75) is 30.9 Å². The molecule has 24 heavy (non-hydrogen) atoms. The fourth-order valence-electron chi connectivity index (χ4n) is 2.22. The summed E-state index contributed by atoms with van der Waals surface area (Å²) in [6.45, 7) is 4.34. The van der Waals surface area contributed by atoms with Crippen LogP contribution in [-0.2, 0) is 6.61 Å². The molecule has 0 aliphatic carbocycles. The van der Waals surface area contributed by atoms with Gasteiger partial charge in [0.25, 0.3) is 0 Å². The van der Waals surface area contributed by atoms with Crippen molar-refractivity contribution in [3.8, 4) is 11.4 Å². The minimum absolute atomic E-state index is 0.140. The fraction of sp³-hybridized carbons (Fsp3) is 0.222. The highest BCUT2D eigenvalue weighted by Gasteiger charge is 2.16. The number of hydrogen-bond donors (Lipinski definition) is 0. The molecular formula is C18H18FN3OS. The second-order valence-electron chi connectivity index (χ2n) is 5.46. The lowest BCUT2D eigenvalue weighted by molar-refractivity contribution is 0.278. The summed E-state index contributed by atoms with van der Waals surface area (Å²) in [5.74, 6) is 0.450. The van der Waals surface area contributed by atoms with Crippen LogP contribution in [-0.4, -0.2) is 20.0 Å². The smallest absolute Gasteiger partial charge is 0.196 e. The number of hydrogen-bond acceptors (Lipinski definition) is 4. The molecule has 0 amide bonds. The summed E-state index contributed by atoms with van der Waals surface area (Å²) in [6, 6.07) is 16.2. The highest BCUT2D eigenvalue weighted by atomic mass is 32.2. The Bertz CT molecular complexity index is 805. The van der Waals surface area contributed by atoms with Crippen LogP contribution in [0.2, 0.25) is 0 Å². The molecule has 0 radical (unpaired) electrons. The maximum Gasteiger partial charge on any atom is 0.196 e. The Hall–Kier alpha value is -2.34. The van der Waals surface area contributed by atoms with Crippen LogP contribution in [0.15, 0.2) is 59.8 Å². The monoisotopic (exact) mass is 343 g/mol. The Labute approximate surface area is 144 Å². The molecular weight excluding hydrogens is 325 g/mol. The van der Waals surface area contributed by atoms with Crippen molar-refractivity contribution in [1.29, 1.82) is 0 Å². The fourth-order valence-corrected chi connectivity index (χ4v) is 3.05. The van der Waals surface area contributed by atoms with Crippen LogP contribution in [0.5, 0.6) is 5.75 Å². The molecule has 0 spiro atoms. The van der Waals surface area contributed by atoms with E-state index in [0.717, 1.165) is 10.8 Å². The first-order valence-electron chi connectivity index (χ1n) is 7.69. The van der Waals surface area contributed by atoms with Gasteiger partial charge in [-0.15, -0.1) is 10.2 Å². The zero-order valence-corrected chi connectivity index (χ0v) is 14.3. The van der Waals surface area contributed by atoms with Crippen molar-refractivity contribution in [3.63, 3.8) is 0 Å². The van der Waals surface area contributed by atoms with Gasteiger partial charge in [-0.1, -0.05) is 55.9 Å². The third-order valence-electron chi connectivity index (χ3n) is 3.25. The van der Waals surface area contributed by atoms with E-state index in [2.05, 4.69) is 24.0 Å². The summed E-state index contributed by atoms with van der Waals surface area (Å²) < 4.78 is 21.3. The molecule has 0 aliphatic rings. The molecule has 3 rings (SSSR count). The maximum atomic E-state index is 13.7. The summed E-state index contributed by atoms with van der Waals surface area (Å²) >= 11 is 1.63. The van der Waals surface area contributed by atoms with Gasteiger partial charge in [0.15, 0.2) is 22.5 Å². The molecule has 0 unspecified atom stereocenters. The molecule has 124 valence electrons. The first-order valence-corrected chi connectivity index (χ1v) is 8.57. The Balaban J connectivity index is 1.90. The number of halogens is 1. The van der Waals surface area contributed by atoms with E-state index in [4.69, 9.17) is 4.74 Å². The van der Waals surface area contributed by atoms with Gasteiger partial charge in [-0.3, -0.25) is 4.57 Å². The molecule has 4 nitrogen and oxygen atoms in total.